The first-order chi connectivity index (χ1) is 15.0. The molecule has 1 nitrogen and oxygen atoms in total. The van der Waals surface area contributed by atoms with Crippen LogP contribution in [0.4, 0.5) is 13.2 Å². The molecule has 0 atom stereocenters. The monoisotopic (exact) mass is 432 g/mol. The Morgan fingerprint density at radius 2 is 1.61 bits per heavy atom. The molecule has 0 radical (unpaired) electrons. The van der Waals surface area contributed by atoms with Gasteiger partial charge in [0, 0.05) is 0 Å². The van der Waals surface area contributed by atoms with Crippen LogP contribution in [0.1, 0.15) is 87.8 Å². The van der Waals surface area contributed by atoms with Crippen LogP contribution in [-0.4, -0.2) is 6.61 Å². The van der Waals surface area contributed by atoms with Crippen molar-refractivity contribution < 1.29 is 17.9 Å². The Labute approximate surface area is 185 Å². The van der Waals surface area contributed by atoms with Crippen LogP contribution in [0, 0.1) is 23.4 Å². The molecule has 2 aromatic rings. The summed E-state index contributed by atoms with van der Waals surface area (Å²) in [5.74, 6) is -0.985. The van der Waals surface area contributed by atoms with E-state index in [2.05, 4.69) is 13.8 Å². The Hall–Kier alpha value is -1.97. The molecule has 1 aliphatic rings. The van der Waals surface area contributed by atoms with Gasteiger partial charge < -0.3 is 4.74 Å². The standard InChI is InChI=1S/C27H35F3O/c1-3-5-6-8-22-14-15-23(27(30)26(22)29)21-12-9-20(10-13-21)18-31-25-16-11-19(7-4-2)17-24(25)28/h11,14-17,20-21H,3-10,12-13,18H2,1-2H3. The van der Waals surface area contributed by atoms with E-state index in [0.717, 1.165) is 63.4 Å². The molecule has 0 aromatic heterocycles. The molecule has 0 saturated heterocycles. The summed E-state index contributed by atoms with van der Waals surface area (Å²) < 4.78 is 49.2. The Kier molecular flexibility index (Phi) is 8.86. The lowest BCUT2D eigenvalue weighted by atomic mass is 9.78. The van der Waals surface area contributed by atoms with Gasteiger partial charge in [0.25, 0.3) is 0 Å². The summed E-state index contributed by atoms with van der Waals surface area (Å²) in [4.78, 5) is 0. The van der Waals surface area contributed by atoms with Crippen LogP contribution < -0.4 is 4.74 Å². The molecule has 4 heteroatoms. The lowest BCUT2D eigenvalue weighted by Crippen LogP contribution is -2.20. The molecule has 1 saturated carbocycles. The molecule has 0 spiro atoms. The van der Waals surface area contributed by atoms with E-state index in [-0.39, 0.29) is 11.7 Å². The molecular formula is C27H35F3O. The summed E-state index contributed by atoms with van der Waals surface area (Å²) in [6, 6.07) is 8.74. The van der Waals surface area contributed by atoms with Crippen molar-refractivity contribution in [3.8, 4) is 5.75 Å². The predicted octanol–water partition coefficient (Wildman–Crippen LogP) is 8.14. The van der Waals surface area contributed by atoms with Gasteiger partial charge in [-0.25, -0.2) is 13.2 Å². The molecular weight excluding hydrogens is 397 g/mol. The summed E-state index contributed by atoms with van der Waals surface area (Å²) in [7, 11) is 0. The molecule has 0 aliphatic heterocycles. The summed E-state index contributed by atoms with van der Waals surface area (Å²) in [5, 5.41) is 0. The van der Waals surface area contributed by atoms with E-state index in [9.17, 15) is 13.2 Å². The minimum Gasteiger partial charge on any atom is -0.490 e. The van der Waals surface area contributed by atoms with Crippen molar-refractivity contribution >= 4 is 0 Å². The van der Waals surface area contributed by atoms with Crippen LogP contribution in [-0.2, 0) is 12.8 Å². The lowest BCUT2D eigenvalue weighted by molar-refractivity contribution is 0.193. The smallest absolute Gasteiger partial charge is 0.165 e. The molecule has 0 amide bonds. The van der Waals surface area contributed by atoms with Gasteiger partial charge in [-0.15, -0.1) is 0 Å². The van der Waals surface area contributed by atoms with E-state index < -0.39 is 11.6 Å². The van der Waals surface area contributed by atoms with E-state index in [4.69, 9.17) is 4.74 Å². The van der Waals surface area contributed by atoms with E-state index in [1.165, 1.54) is 0 Å². The zero-order chi connectivity index (χ0) is 22.2. The lowest BCUT2D eigenvalue weighted by Gasteiger charge is -2.29. The van der Waals surface area contributed by atoms with Gasteiger partial charge in [0.15, 0.2) is 23.2 Å². The number of unbranched alkanes of at least 4 members (excludes halogenated alkanes) is 2. The zero-order valence-corrected chi connectivity index (χ0v) is 18.9. The Morgan fingerprint density at radius 1 is 0.839 bits per heavy atom. The van der Waals surface area contributed by atoms with Crippen molar-refractivity contribution in [2.24, 2.45) is 5.92 Å². The number of aryl methyl sites for hydroxylation is 2. The van der Waals surface area contributed by atoms with Crippen LogP contribution in [0.5, 0.6) is 5.75 Å². The average molecular weight is 433 g/mol. The fourth-order valence-electron chi connectivity index (χ4n) is 4.63. The summed E-state index contributed by atoms with van der Waals surface area (Å²) in [5.41, 5.74) is 1.98. The third-order valence-electron chi connectivity index (χ3n) is 6.54. The van der Waals surface area contributed by atoms with E-state index in [0.29, 0.717) is 35.8 Å². The number of hydrogen-bond acceptors (Lipinski definition) is 1. The van der Waals surface area contributed by atoms with Crippen LogP contribution in [0.3, 0.4) is 0 Å². The quantitative estimate of drug-likeness (QED) is 0.344. The van der Waals surface area contributed by atoms with Crippen LogP contribution in [0.15, 0.2) is 30.3 Å². The fourth-order valence-corrected chi connectivity index (χ4v) is 4.63. The molecule has 3 rings (SSSR count). The SMILES string of the molecule is CCCCCc1ccc(C2CCC(COc3ccc(CCC)cc3F)CC2)c(F)c1F. The summed E-state index contributed by atoms with van der Waals surface area (Å²) >= 11 is 0. The number of rotatable bonds is 10. The van der Waals surface area contributed by atoms with E-state index in [1.54, 1.807) is 24.3 Å². The topological polar surface area (TPSA) is 9.23 Å². The van der Waals surface area contributed by atoms with Gasteiger partial charge >= 0.3 is 0 Å². The number of halogens is 3. The highest BCUT2D eigenvalue weighted by molar-refractivity contribution is 5.30. The van der Waals surface area contributed by atoms with Crippen LogP contribution >= 0.6 is 0 Å². The van der Waals surface area contributed by atoms with Crippen LogP contribution in [0.2, 0.25) is 0 Å². The number of hydrogen-bond donors (Lipinski definition) is 0. The van der Waals surface area contributed by atoms with Crippen molar-refractivity contribution in [2.75, 3.05) is 6.61 Å². The largest absolute Gasteiger partial charge is 0.490 e. The fraction of sp³-hybridized carbons (Fsp3) is 0.556. The third-order valence-corrected chi connectivity index (χ3v) is 6.54. The van der Waals surface area contributed by atoms with Crippen LogP contribution in [0.25, 0.3) is 0 Å². The van der Waals surface area contributed by atoms with Gasteiger partial charge in [-0.1, -0.05) is 51.3 Å². The first-order valence-electron chi connectivity index (χ1n) is 11.9. The van der Waals surface area contributed by atoms with Crippen molar-refractivity contribution in [3.05, 3.63) is 64.5 Å². The number of benzene rings is 2. The van der Waals surface area contributed by atoms with Gasteiger partial charge in [0.2, 0.25) is 0 Å². The molecule has 0 bridgehead atoms. The Balaban J connectivity index is 1.52. The maximum absolute atomic E-state index is 14.7. The van der Waals surface area contributed by atoms with Gasteiger partial charge in [0.05, 0.1) is 6.61 Å². The normalized spacial score (nSPS) is 18.9. The van der Waals surface area contributed by atoms with E-state index in [1.807, 2.05) is 6.07 Å². The second-order valence-electron chi connectivity index (χ2n) is 8.94. The molecule has 1 aliphatic carbocycles. The minimum absolute atomic E-state index is 0.0421. The minimum atomic E-state index is -0.666. The summed E-state index contributed by atoms with van der Waals surface area (Å²) in [6.45, 7) is 4.63. The van der Waals surface area contributed by atoms with Gasteiger partial charge in [-0.05, 0) is 85.6 Å². The Bertz CT molecular complexity index is 841. The molecule has 1 fully saturated rings. The maximum Gasteiger partial charge on any atom is 0.165 e. The van der Waals surface area contributed by atoms with Gasteiger partial charge in [-0.3, -0.25) is 0 Å². The first-order valence-corrected chi connectivity index (χ1v) is 11.9. The van der Waals surface area contributed by atoms with Crippen molar-refractivity contribution in [3.63, 3.8) is 0 Å². The molecule has 0 heterocycles. The molecule has 170 valence electrons. The second-order valence-corrected chi connectivity index (χ2v) is 8.94. The zero-order valence-electron chi connectivity index (χ0n) is 18.9. The van der Waals surface area contributed by atoms with E-state index >= 15 is 0 Å². The highest BCUT2D eigenvalue weighted by Crippen LogP contribution is 2.38. The molecule has 31 heavy (non-hydrogen) atoms. The van der Waals surface area contributed by atoms with Crippen molar-refractivity contribution in [2.45, 2.75) is 84.0 Å². The second kappa shape index (κ2) is 11.6. The predicted molar refractivity (Wildman–Crippen MR) is 120 cm³/mol. The Morgan fingerprint density at radius 3 is 2.29 bits per heavy atom. The third kappa shape index (κ3) is 6.27. The highest BCUT2D eigenvalue weighted by atomic mass is 19.2. The number of ether oxygens (including phenoxy) is 1. The average Bonchev–Trinajstić information content (AvgIpc) is 2.77. The van der Waals surface area contributed by atoms with Gasteiger partial charge in [0.1, 0.15) is 0 Å². The van der Waals surface area contributed by atoms with Crippen molar-refractivity contribution in [1.82, 2.24) is 0 Å². The first kappa shape index (κ1) is 23.7. The van der Waals surface area contributed by atoms with Gasteiger partial charge in [-0.2, -0.15) is 0 Å². The maximum atomic E-state index is 14.7. The highest BCUT2D eigenvalue weighted by Gasteiger charge is 2.26. The summed E-state index contributed by atoms with van der Waals surface area (Å²) in [6.07, 6.45) is 8.77. The molecule has 0 N–H and O–H groups in total. The molecule has 2 aromatic carbocycles. The molecule has 0 unspecified atom stereocenters. The van der Waals surface area contributed by atoms with Crippen molar-refractivity contribution in [1.29, 1.82) is 0 Å².